The molecule has 0 aliphatic carbocycles. The highest BCUT2D eigenvalue weighted by Gasteiger charge is 2.07. The summed E-state index contributed by atoms with van der Waals surface area (Å²) in [7, 11) is 0. The summed E-state index contributed by atoms with van der Waals surface area (Å²) in [6.45, 7) is 0.874. The topological polar surface area (TPSA) is 64.3 Å². The van der Waals surface area contributed by atoms with Crippen molar-refractivity contribution >= 4 is 5.91 Å². The van der Waals surface area contributed by atoms with Crippen molar-refractivity contribution in [3.8, 4) is 16.9 Å². The Hall–Kier alpha value is -2.33. The number of hydrogen-bond donors (Lipinski definition) is 2. The fourth-order valence-corrected chi connectivity index (χ4v) is 1.85. The van der Waals surface area contributed by atoms with Crippen LogP contribution in [-0.2, 0) is 4.79 Å². The van der Waals surface area contributed by atoms with Crippen molar-refractivity contribution in [1.29, 1.82) is 0 Å². The first kappa shape index (κ1) is 14.1. The Labute approximate surface area is 118 Å². The Morgan fingerprint density at radius 3 is 2.50 bits per heavy atom. The molecule has 2 aromatic rings. The second-order valence-electron chi connectivity index (χ2n) is 4.29. The maximum atomic E-state index is 11.5. The van der Waals surface area contributed by atoms with Crippen molar-refractivity contribution in [2.75, 3.05) is 19.7 Å². The number of para-hydroxylation sites is 1. The van der Waals surface area contributed by atoms with Crippen molar-refractivity contribution in [3.05, 3.63) is 54.6 Å². The Bertz CT molecular complexity index is 555. The fourth-order valence-electron chi connectivity index (χ4n) is 1.85. The average Bonchev–Trinajstić information content (AvgIpc) is 2.52. The fraction of sp³-hybridized carbons (Fsp3) is 0.188. The quantitative estimate of drug-likeness (QED) is 0.841. The summed E-state index contributed by atoms with van der Waals surface area (Å²) < 4.78 is 5.60. The molecule has 0 atom stereocenters. The molecule has 0 aliphatic rings. The molecule has 2 rings (SSSR count). The van der Waals surface area contributed by atoms with Crippen LogP contribution in [0.3, 0.4) is 0 Å². The van der Waals surface area contributed by atoms with Crippen molar-refractivity contribution in [2.45, 2.75) is 0 Å². The smallest absolute Gasteiger partial charge is 0.257 e. The van der Waals surface area contributed by atoms with Crippen LogP contribution in [0.2, 0.25) is 0 Å². The second-order valence-corrected chi connectivity index (χ2v) is 4.29. The molecule has 4 nitrogen and oxygen atoms in total. The molecule has 1 amide bonds. The maximum Gasteiger partial charge on any atom is 0.257 e. The monoisotopic (exact) mass is 270 g/mol. The number of carbonyl (C=O) groups is 1. The predicted molar refractivity (Wildman–Crippen MR) is 79.4 cm³/mol. The standard InChI is InChI=1S/C16H18N2O2/c17-10-11-18-16(19)12-20-15-9-5-4-8-14(15)13-6-2-1-3-7-13/h1-9H,10-12,17H2,(H,18,19). The van der Waals surface area contributed by atoms with E-state index in [0.29, 0.717) is 18.8 Å². The summed E-state index contributed by atoms with van der Waals surface area (Å²) in [5.74, 6) is 0.528. The summed E-state index contributed by atoms with van der Waals surface area (Å²) in [5.41, 5.74) is 7.36. The van der Waals surface area contributed by atoms with Gasteiger partial charge in [-0.2, -0.15) is 0 Å². The third-order valence-electron chi connectivity index (χ3n) is 2.80. The van der Waals surface area contributed by atoms with Gasteiger partial charge in [-0.3, -0.25) is 4.79 Å². The van der Waals surface area contributed by atoms with Crippen LogP contribution in [0.15, 0.2) is 54.6 Å². The van der Waals surface area contributed by atoms with Gasteiger partial charge in [0.2, 0.25) is 0 Å². The molecule has 0 spiro atoms. The van der Waals surface area contributed by atoms with E-state index >= 15 is 0 Å². The molecular formula is C16H18N2O2. The van der Waals surface area contributed by atoms with Crippen LogP contribution in [0, 0.1) is 0 Å². The van der Waals surface area contributed by atoms with Crippen LogP contribution in [0.5, 0.6) is 5.75 Å². The van der Waals surface area contributed by atoms with Crippen LogP contribution in [-0.4, -0.2) is 25.6 Å². The number of ether oxygens (including phenoxy) is 1. The van der Waals surface area contributed by atoms with E-state index in [1.54, 1.807) is 0 Å². The Balaban J connectivity index is 2.07. The zero-order valence-corrected chi connectivity index (χ0v) is 11.2. The number of rotatable bonds is 6. The summed E-state index contributed by atoms with van der Waals surface area (Å²) in [6, 6.07) is 17.6. The van der Waals surface area contributed by atoms with Gasteiger partial charge in [-0.05, 0) is 11.6 Å². The highest BCUT2D eigenvalue weighted by molar-refractivity contribution is 5.78. The number of nitrogens with two attached hydrogens (primary N) is 1. The van der Waals surface area contributed by atoms with E-state index in [2.05, 4.69) is 5.32 Å². The van der Waals surface area contributed by atoms with Crippen LogP contribution in [0.1, 0.15) is 0 Å². The molecule has 4 heteroatoms. The predicted octanol–water partition coefficient (Wildman–Crippen LogP) is 1.81. The molecule has 104 valence electrons. The van der Waals surface area contributed by atoms with Crippen molar-refractivity contribution < 1.29 is 9.53 Å². The molecule has 0 fully saturated rings. The summed E-state index contributed by atoms with van der Waals surface area (Å²) in [6.07, 6.45) is 0. The second kappa shape index (κ2) is 7.31. The highest BCUT2D eigenvalue weighted by Crippen LogP contribution is 2.29. The molecule has 0 saturated heterocycles. The van der Waals surface area contributed by atoms with Gasteiger partial charge in [0, 0.05) is 18.7 Å². The van der Waals surface area contributed by atoms with Crippen molar-refractivity contribution in [1.82, 2.24) is 5.32 Å². The molecule has 0 heterocycles. The van der Waals surface area contributed by atoms with E-state index in [4.69, 9.17) is 10.5 Å². The molecule has 3 N–H and O–H groups in total. The van der Waals surface area contributed by atoms with Crippen molar-refractivity contribution in [3.63, 3.8) is 0 Å². The normalized spacial score (nSPS) is 10.1. The van der Waals surface area contributed by atoms with Crippen LogP contribution < -0.4 is 15.8 Å². The van der Waals surface area contributed by atoms with Gasteiger partial charge in [0.15, 0.2) is 6.61 Å². The third-order valence-corrected chi connectivity index (χ3v) is 2.80. The lowest BCUT2D eigenvalue weighted by molar-refractivity contribution is -0.123. The van der Waals surface area contributed by atoms with Crippen molar-refractivity contribution in [2.24, 2.45) is 5.73 Å². The molecule has 0 saturated carbocycles. The first-order chi connectivity index (χ1) is 9.81. The zero-order chi connectivity index (χ0) is 14.2. The highest BCUT2D eigenvalue weighted by atomic mass is 16.5. The summed E-state index contributed by atoms with van der Waals surface area (Å²) in [5, 5.41) is 2.67. The van der Waals surface area contributed by atoms with Gasteiger partial charge in [-0.15, -0.1) is 0 Å². The van der Waals surface area contributed by atoms with Gasteiger partial charge in [-0.25, -0.2) is 0 Å². The van der Waals surface area contributed by atoms with E-state index in [1.165, 1.54) is 0 Å². The average molecular weight is 270 g/mol. The molecule has 0 radical (unpaired) electrons. The minimum atomic E-state index is -0.168. The van der Waals surface area contributed by atoms with E-state index in [9.17, 15) is 4.79 Å². The van der Waals surface area contributed by atoms with E-state index < -0.39 is 0 Å². The number of nitrogens with one attached hydrogen (secondary N) is 1. The lowest BCUT2D eigenvalue weighted by atomic mass is 10.1. The Kier molecular flexibility index (Phi) is 5.15. The van der Waals surface area contributed by atoms with Gasteiger partial charge in [-0.1, -0.05) is 48.5 Å². The molecule has 0 aromatic heterocycles. The minimum Gasteiger partial charge on any atom is -0.483 e. The van der Waals surface area contributed by atoms with Gasteiger partial charge in [0.05, 0.1) is 0 Å². The summed E-state index contributed by atoms with van der Waals surface area (Å²) >= 11 is 0. The van der Waals surface area contributed by atoms with Gasteiger partial charge < -0.3 is 15.8 Å². The SMILES string of the molecule is NCCNC(=O)COc1ccccc1-c1ccccc1. The molecular weight excluding hydrogens is 252 g/mol. The largest absolute Gasteiger partial charge is 0.483 e. The van der Waals surface area contributed by atoms with E-state index in [-0.39, 0.29) is 12.5 Å². The lowest BCUT2D eigenvalue weighted by Gasteiger charge is -2.11. The number of hydrogen-bond acceptors (Lipinski definition) is 3. The first-order valence-electron chi connectivity index (χ1n) is 6.55. The van der Waals surface area contributed by atoms with Gasteiger partial charge in [0.25, 0.3) is 5.91 Å². The first-order valence-corrected chi connectivity index (χ1v) is 6.55. The molecule has 2 aromatic carbocycles. The Morgan fingerprint density at radius 2 is 1.75 bits per heavy atom. The van der Waals surface area contributed by atoms with Gasteiger partial charge >= 0.3 is 0 Å². The van der Waals surface area contributed by atoms with Gasteiger partial charge in [0.1, 0.15) is 5.75 Å². The van der Waals surface area contributed by atoms with E-state index in [0.717, 1.165) is 11.1 Å². The number of carbonyl (C=O) groups excluding carboxylic acids is 1. The molecule has 0 aliphatic heterocycles. The maximum absolute atomic E-state index is 11.5. The van der Waals surface area contributed by atoms with E-state index in [1.807, 2.05) is 54.6 Å². The third kappa shape index (κ3) is 3.83. The molecule has 20 heavy (non-hydrogen) atoms. The minimum absolute atomic E-state index is 0.0101. The van der Waals surface area contributed by atoms with Crippen LogP contribution >= 0.6 is 0 Å². The number of amides is 1. The van der Waals surface area contributed by atoms with Crippen LogP contribution in [0.25, 0.3) is 11.1 Å². The summed E-state index contributed by atoms with van der Waals surface area (Å²) in [4.78, 5) is 11.5. The zero-order valence-electron chi connectivity index (χ0n) is 11.2. The number of benzene rings is 2. The lowest BCUT2D eigenvalue weighted by Crippen LogP contribution is -2.32. The van der Waals surface area contributed by atoms with Crippen LogP contribution in [0.4, 0.5) is 0 Å². The molecule has 0 unspecified atom stereocenters. The Morgan fingerprint density at radius 1 is 1.05 bits per heavy atom. The molecule has 0 bridgehead atoms.